The van der Waals surface area contributed by atoms with Crippen molar-refractivity contribution >= 4 is 5.91 Å². The molecule has 28 heavy (non-hydrogen) atoms. The third-order valence-electron chi connectivity index (χ3n) is 4.83. The minimum absolute atomic E-state index is 0.0896. The molecular weight excluding hydrogens is 367 g/mol. The monoisotopic (exact) mass is 392 g/mol. The number of ether oxygens (including phenoxy) is 1. The van der Waals surface area contributed by atoms with Gasteiger partial charge in [-0.1, -0.05) is 5.16 Å². The van der Waals surface area contributed by atoms with Crippen LogP contribution < -0.4 is 10.1 Å². The number of benzene rings is 1. The number of aromatic nitrogens is 2. The largest absolute Gasteiger partial charge is 0.497 e. The van der Waals surface area contributed by atoms with Crippen molar-refractivity contribution in [2.24, 2.45) is 0 Å². The van der Waals surface area contributed by atoms with Crippen LogP contribution in [0.1, 0.15) is 30.1 Å². The van der Waals surface area contributed by atoms with Crippen LogP contribution in [0.15, 0.2) is 22.7 Å². The number of aliphatic hydroxyl groups is 1. The molecule has 2 N–H and O–H groups in total. The molecule has 8 nitrogen and oxygen atoms in total. The van der Waals surface area contributed by atoms with E-state index >= 15 is 0 Å². The molecule has 1 atom stereocenters. The molecule has 152 valence electrons. The molecule has 0 aliphatic carbocycles. The van der Waals surface area contributed by atoms with E-state index in [9.17, 15) is 14.3 Å². The number of aryl methyl sites for hydroxylation is 1. The average Bonchev–Trinajstić information content (AvgIpc) is 3.10. The van der Waals surface area contributed by atoms with Crippen LogP contribution in [-0.2, 0) is 17.8 Å². The number of piperidine rings is 1. The molecule has 0 radical (unpaired) electrons. The van der Waals surface area contributed by atoms with E-state index in [0.717, 1.165) is 0 Å². The quantitative estimate of drug-likeness (QED) is 0.651. The van der Waals surface area contributed by atoms with Gasteiger partial charge in [-0.15, -0.1) is 0 Å². The van der Waals surface area contributed by atoms with Gasteiger partial charge in [-0.25, -0.2) is 4.39 Å². The molecule has 1 aromatic carbocycles. The van der Waals surface area contributed by atoms with E-state index in [-0.39, 0.29) is 13.1 Å². The molecule has 2 aromatic rings. The van der Waals surface area contributed by atoms with Crippen LogP contribution in [0.5, 0.6) is 5.75 Å². The van der Waals surface area contributed by atoms with E-state index in [1.807, 2.05) is 0 Å². The fraction of sp³-hybridized carbons (Fsp3) is 0.526. The fourth-order valence-corrected chi connectivity index (χ4v) is 3.32. The molecule has 1 fully saturated rings. The second kappa shape index (κ2) is 8.66. The van der Waals surface area contributed by atoms with Crippen LogP contribution in [0.3, 0.4) is 0 Å². The first kappa shape index (κ1) is 20.2. The standard InChI is InChI=1S/C19H25FN4O4/c1-13-22-17(23-28-13)6-8-21-12-19(26)7-3-9-24(18(19)25)11-14-10-15(27-2)4-5-16(14)20/h4-5,10,21,26H,3,6-9,11-12H2,1-2H3/t19-/m0/s1. The normalized spacial score (nSPS) is 19.9. The predicted molar refractivity (Wildman–Crippen MR) is 98.2 cm³/mol. The molecule has 0 spiro atoms. The fourth-order valence-electron chi connectivity index (χ4n) is 3.32. The Morgan fingerprint density at radius 2 is 2.29 bits per heavy atom. The van der Waals surface area contributed by atoms with Gasteiger partial charge in [-0.05, 0) is 31.0 Å². The van der Waals surface area contributed by atoms with Gasteiger partial charge in [-0.3, -0.25) is 4.79 Å². The first-order valence-electron chi connectivity index (χ1n) is 9.25. The number of carbonyl (C=O) groups is 1. The maximum Gasteiger partial charge on any atom is 0.256 e. The number of amides is 1. The first-order chi connectivity index (χ1) is 13.4. The highest BCUT2D eigenvalue weighted by atomic mass is 19.1. The number of hydrogen-bond acceptors (Lipinski definition) is 7. The molecule has 0 saturated carbocycles. The van der Waals surface area contributed by atoms with Gasteiger partial charge in [0.25, 0.3) is 5.91 Å². The highest BCUT2D eigenvalue weighted by Crippen LogP contribution is 2.25. The maximum atomic E-state index is 14.1. The molecule has 1 saturated heterocycles. The Morgan fingerprint density at radius 1 is 1.46 bits per heavy atom. The Hall–Kier alpha value is -2.52. The van der Waals surface area contributed by atoms with E-state index in [2.05, 4.69) is 15.5 Å². The van der Waals surface area contributed by atoms with Crippen molar-refractivity contribution in [3.05, 3.63) is 41.3 Å². The molecular formula is C19H25FN4O4. The van der Waals surface area contributed by atoms with Crippen molar-refractivity contribution in [3.63, 3.8) is 0 Å². The number of carbonyl (C=O) groups excluding carboxylic acids is 1. The molecule has 1 aromatic heterocycles. The van der Waals surface area contributed by atoms with E-state index in [1.165, 1.54) is 24.1 Å². The van der Waals surface area contributed by atoms with Crippen LogP contribution >= 0.6 is 0 Å². The average molecular weight is 392 g/mol. The SMILES string of the molecule is COc1ccc(F)c(CN2CCC[C@](O)(CNCCc3noc(C)n3)C2=O)c1. The number of halogens is 1. The third-order valence-corrected chi connectivity index (χ3v) is 4.83. The Balaban J connectivity index is 1.57. The summed E-state index contributed by atoms with van der Waals surface area (Å²) in [6.07, 6.45) is 1.52. The van der Waals surface area contributed by atoms with Crippen LogP contribution in [-0.4, -0.2) is 58.4 Å². The lowest BCUT2D eigenvalue weighted by Crippen LogP contribution is -2.57. The summed E-state index contributed by atoms with van der Waals surface area (Å²) in [6.45, 7) is 2.89. The minimum Gasteiger partial charge on any atom is -0.497 e. The predicted octanol–water partition coefficient (Wildman–Crippen LogP) is 1.21. The van der Waals surface area contributed by atoms with Gasteiger partial charge in [0.05, 0.1) is 7.11 Å². The Kier molecular flexibility index (Phi) is 6.25. The van der Waals surface area contributed by atoms with Crippen LogP contribution in [0.4, 0.5) is 4.39 Å². The smallest absolute Gasteiger partial charge is 0.256 e. The van der Waals surface area contributed by atoms with Crippen molar-refractivity contribution < 1.29 is 23.6 Å². The van der Waals surface area contributed by atoms with Crippen LogP contribution in [0.2, 0.25) is 0 Å². The summed E-state index contributed by atoms with van der Waals surface area (Å²) in [5.74, 6) is 0.785. The number of nitrogens with one attached hydrogen (secondary N) is 1. The van der Waals surface area contributed by atoms with Crippen LogP contribution in [0, 0.1) is 12.7 Å². The lowest BCUT2D eigenvalue weighted by molar-refractivity contribution is -0.157. The number of hydrogen-bond donors (Lipinski definition) is 2. The van der Waals surface area contributed by atoms with E-state index in [1.54, 1.807) is 13.0 Å². The molecule has 1 aliphatic rings. The topological polar surface area (TPSA) is 101 Å². The Labute approximate surface area is 162 Å². The number of rotatable bonds is 8. The maximum absolute atomic E-state index is 14.1. The summed E-state index contributed by atoms with van der Waals surface area (Å²) < 4.78 is 24.1. The Bertz CT molecular complexity index is 828. The molecule has 2 heterocycles. The van der Waals surface area contributed by atoms with E-state index in [4.69, 9.17) is 9.26 Å². The molecule has 3 rings (SSSR count). The first-order valence-corrected chi connectivity index (χ1v) is 9.25. The highest BCUT2D eigenvalue weighted by Gasteiger charge is 2.41. The summed E-state index contributed by atoms with van der Waals surface area (Å²) in [7, 11) is 1.50. The lowest BCUT2D eigenvalue weighted by Gasteiger charge is -2.38. The summed E-state index contributed by atoms with van der Waals surface area (Å²) in [5, 5.41) is 17.7. The van der Waals surface area contributed by atoms with E-state index in [0.29, 0.717) is 55.4 Å². The van der Waals surface area contributed by atoms with Crippen molar-refractivity contribution in [1.82, 2.24) is 20.4 Å². The summed E-state index contributed by atoms with van der Waals surface area (Å²) in [4.78, 5) is 18.4. The van der Waals surface area contributed by atoms with Gasteiger partial charge in [0.1, 0.15) is 11.6 Å². The highest BCUT2D eigenvalue weighted by molar-refractivity contribution is 5.86. The zero-order valence-corrected chi connectivity index (χ0v) is 16.1. The summed E-state index contributed by atoms with van der Waals surface area (Å²) >= 11 is 0. The lowest BCUT2D eigenvalue weighted by atomic mass is 9.91. The second-order valence-corrected chi connectivity index (χ2v) is 6.98. The van der Waals surface area contributed by atoms with Gasteiger partial charge in [0.2, 0.25) is 5.89 Å². The summed E-state index contributed by atoms with van der Waals surface area (Å²) in [5.41, 5.74) is -1.15. The van der Waals surface area contributed by atoms with Gasteiger partial charge in [-0.2, -0.15) is 4.98 Å². The molecule has 1 amide bonds. The zero-order chi connectivity index (χ0) is 20.1. The number of nitrogens with zero attached hydrogens (tertiary/aromatic N) is 3. The molecule has 1 aliphatic heterocycles. The van der Waals surface area contributed by atoms with Gasteiger partial charge in [0.15, 0.2) is 11.4 Å². The molecule has 9 heteroatoms. The van der Waals surface area contributed by atoms with Crippen molar-refractivity contribution in [3.8, 4) is 5.75 Å². The number of likely N-dealkylation sites (tertiary alicyclic amines) is 1. The van der Waals surface area contributed by atoms with Gasteiger partial charge < -0.3 is 24.6 Å². The van der Waals surface area contributed by atoms with Crippen LogP contribution in [0.25, 0.3) is 0 Å². The molecule has 0 bridgehead atoms. The Morgan fingerprint density at radius 3 is 3.00 bits per heavy atom. The van der Waals surface area contributed by atoms with Crippen molar-refractivity contribution in [1.29, 1.82) is 0 Å². The minimum atomic E-state index is -1.51. The summed E-state index contributed by atoms with van der Waals surface area (Å²) in [6, 6.07) is 4.42. The van der Waals surface area contributed by atoms with Gasteiger partial charge >= 0.3 is 0 Å². The van der Waals surface area contributed by atoms with Crippen molar-refractivity contribution in [2.75, 3.05) is 26.7 Å². The number of methoxy groups -OCH3 is 1. The third kappa shape index (κ3) is 4.66. The zero-order valence-electron chi connectivity index (χ0n) is 16.1. The van der Waals surface area contributed by atoms with Crippen molar-refractivity contribution in [2.45, 2.75) is 38.3 Å². The van der Waals surface area contributed by atoms with Gasteiger partial charge in [0, 0.05) is 45.1 Å². The second-order valence-electron chi connectivity index (χ2n) is 6.98. The van der Waals surface area contributed by atoms with E-state index < -0.39 is 17.3 Å². The molecule has 0 unspecified atom stereocenters.